The first-order valence-corrected chi connectivity index (χ1v) is 8.20. The molecule has 1 N–H and O–H groups in total. The maximum atomic E-state index is 12.3. The molecular weight excluding hydrogens is 366 g/mol. The quantitative estimate of drug-likeness (QED) is 0.759. The summed E-state index contributed by atoms with van der Waals surface area (Å²) in [5, 5.41) is 8.16. The van der Waals surface area contributed by atoms with Crippen molar-refractivity contribution in [3.8, 4) is 0 Å². The third-order valence-corrected chi connectivity index (χ3v) is 4.77. The van der Waals surface area contributed by atoms with E-state index in [0.717, 1.165) is 14.0 Å². The summed E-state index contributed by atoms with van der Waals surface area (Å²) in [5.41, 5.74) is -0.257. The molecular formula is C15H12BrN3O2S. The third kappa shape index (κ3) is 3.26. The van der Waals surface area contributed by atoms with E-state index >= 15 is 0 Å². The van der Waals surface area contributed by atoms with Gasteiger partial charge in [0.15, 0.2) is 0 Å². The van der Waals surface area contributed by atoms with E-state index in [0.29, 0.717) is 11.9 Å². The average Bonchev–Trinajstić information content (AvgIpc) is 2.94. The van der Waals surface area contributed by atoms with Gasteiger partial charge < -0.3 is 5.32 Å². The lowest BCUT2D eigenvalue weighted by atomic mass is 10.2. The number of benzene rings is 1. The molecule has 1 amide bonds. The van der Waals surface area contributed by atoms with E-state index in [4.69, 9.17) is 0 Å². The van der Waals surface area contributed by atoms with Crippen molar-refractivity contribution in [1.29, 1.82) is 0 Å². The van der Waals surface area contributed by atoms with E-state index in [1.807, 2.05) is 24.3 Å². The molecule has 1 aromatic carbocycles. The van der Waals surface area contributed by atoms with Gasteiger partial charge in [0, 0.05) is 10.3 Å². The largest absolute Gasteiger partial charge is 0.350 e. The van der Waals surface area contributed by atoms with E-state index < -0.39 is 0 Å². The van der Waals surface area contributed by atoms with Crippen LogP contribution in [0.5, 0.6) is 0 Å². The Balaban J connectivity index is 1.71. The maximum Gasteiger partial charge on any atom is 0.275 e. The number of rotatable bonds is 4. The highest BCUT2D eigenvalue weighted by Gasteiger charge is 2.08. The molecule has 0 radical (unpaired) electrons. The Labute approximate surface area is 138 Å². The molecule has 0 aliphatic heterocycles. The highest BCUT2D eigenvalue weighted by molar-refractivity contribution is 9.11. The molecule has 2 aromatic heterocycles. The van der Waals surface area contributed by atoms with Crippen LogP contribution in [0.1, 0.15) is 4.88 Å². The fraction of sp³-hybridized carbons (Fsp3) is 0.133. The Hall–Kier alpha value is -1.99. The van der Waals surface area contributed by atoms with Crippen LogP contribution < -0.4 is 10.9 Å². The summed E-state index contributed by atoms with van der Waals surface area (Å²) in [4.78, 5) is 25.3. The zero-order valence-electron chi connectivity index (χ0n) is 11.5. The minimum absolute atomic E-state index is 0.0871. The molecule has 7 heteroatoms. The highest BCUT2D eigenvalue weighted by atomic mass is 79.9. The molecule has 0 fully saturated rings. The van der Waals surface area contributed by atoms with Crippen LogP contribution >= 0.6 is 27.3 Å². The fourth-order valence-corrected chi connectivity index (χ4v) is 3.49. The van der Waals surface area contributed by atoms with Crippen molar-refractivity contribution in [1.82, 2.24) is 15.1 Å². The molecule has 0 atom stereocenters. The van der Waals surface area contributed by atoms with Crippen molar-refractivity contribution in [2.24, 2.45) is 0 Å². The summed E-state index contributed by atoms with van der Waals surface area (Å²) in [6.45, 7) is 0.355. The number of carbonyl (C=O) groups is 1. The Morgan fingerprint density at radius 1 is 1.27 bits per heavy atom. The molecule has 2 heterocycles. The number of nitrogens with one attached hydrogen (secondary N) is 1. The molecule has 0 unspecified atom stereocenters. The number of thiophene rings is 1. The van der Waals surface area contributed by atoms with E-state index in [2.05, 4.69) is 26.3 Å². The maximum absolute atomic E-state index is 12.3. The third-order valence-electron chi connectivity index (χ3n) is 3.14. The summed E-state index contributed by atoms with van der Waals surface area (Å²) < 4.78 is 2.20. The first kappa shape index (κ1) is 14.9. The second kappa shape index (κ2) is 6.41. The van der Waals surface area contributed by atoms with Gasteiger partial charge in [0.1, 0.15) is 6.54 Å². The van der Waals surface area contributed by atoms with Crippen LogP contribution in [0.2, 0.25) is 0 Å². The zero-order valence-corrected chi connectivity index (χ0v) is 13.9. The summed E-state index contributed by atoms with van der Waals surface area (Å²) >= 11 is 4.93. The predicted molar refractivity (Wildman–Crippen MR) is 89.9 cm³/mol. The lowest BCUT2D eigenvalue weighted by molar-refractivity contribution is -0.122. The molecule has 22 heavy (non-hydrogen) atoms. The second-order valence-corrected chi connectivity index (χ2v) is 7.22. The lowest BCUT2D eigenvalue weighted by Crippen LogP contribution is -2.33. The SMILES string of the molecule is O=C(Cn1ncc2ccccc2c1=O)NCc1ccc(Br)s1. The standard InChI is InChI=1S/C15H12BrN3O2S/c16-13-6-5-11(22-13)8-17-14(20)9-19-15(21)12-4-2-1-3-10(12)7-18-19/h1-7H,8-9H2,(H,17,20). The molecule has 0 saturated carbocycles. The van der Waals surface area contributed by atoms with Crippen molar-refractivity contribution in [3.05, 3.63) is 61.6 Å². The minimum atomic E-state index is -0.257. The topological polar surface area (TPSA) is 64.0 Å². The van der Waals surface area contributed by atoms with Crippen molar-refractivity contribution in [3.63, 3.8) is 0 Å². The smallest absolute Gasteiger partial charge is 0.275 e. The highest BCUT2D eigenvalue weighted by Crippen LogP contribution is 2.21. The first-order valence-electron chi connectivity index (χ1n) is 6.59. The van der Waals surface area contributed by atoms with Gasteiger partial charge in [-0.3, -0.25) is 9.59 Å². The van der Waals surface area contributed by atoms with Gasteiger partial charge in [-0.25, -0.2) is 4.68 Å². The van der Waals surface area contributed by atoms with E-state index in [1.54, 1.807) is 29.7 Å². The Morgan fingerprint density at radius 3 is 2.86 bits per heavy atom. The van der Waals surface area contributed by atoms with Gasteiger partial charge in [0.2, 0.25) is 5.91 Å². The van der Waals surface area contributed by atoms with Crippen LogP contribution in [-0.4, -0.2) is 15.7 Å². The number of aromatic nitrogens is 2. The first-order chi connectivity index (χ1) is 10.6. The predicted octanol–water partition coefficient (Wildman–Crippen LogP) is 2.54. The van der Waals surface area contributed by atoms with Gasteiger partial charge in [-0.15, -0.1) is 11.3 Å². The number of nitrogens with zero attached hydrogens (tertiary/aromatic N) is 2. The molecule has 3 rings (SSSR count). The molecule has 0 spiro atoms. The van der Waals surface area contributed by atoms with E-state index in [1.165, 1.54) is 4.68 Å². The van der Waals surface area contributed by atoms with Gasteiger partial charge in [-0.2, -0.15) is 5.10 Å². The summed E-state index contributed by atoms with van der Waals surface area (Å²) in [5.74, 6) is -0.241. The fourth-order valence-electron chi connectivity index (χ4n) is 2.06. The second-order valence-electron chi connectivity index (χ2n) is 4.68. The molecule has 0 aliphatic rings. The molecule has 112 valence electrons. The van der Waals surface area contributed by atoms with Crippen LogP contribution in [0, 0.1) is 0 Å². The molecule has 3 aromatic rings. The van der Waals surface area contributed by atoms with E-state index in [-0.39, 0.29) is 18.0 Å². The van der Waals surface area contributed by atoms with Crippen LogP contribution in [0.25, 0.3) is 10.8 Å². The average molecular weight is 378 g/mol. The zero-order chi connectivity index (χ0) is 15.5. The molecule has 0 saturated heterocycles. The van der Waals surface area contributed by atoms with Crippen LogP contribution in [0.15, 0.2) is 51.2 Å². The number of fused-ring (bicyclic) bond motifs is 1. The van der Waals surface area contributed by atoms with Crippen molar-refractivity contribution in [2.75, 3.05) is 0 Å². The van der Waals surface area contributed by atoms with Gasteiger partial charge in [0.05, 0.1) is 21.9 Å². The Kier molecular flexibility index (Phi) is 4.35. The van der Waals surface area contributed by atoms with Gasteiger partial charge in [-0.05, 0) is 34.1 Å². The van der Waals surface area contributed by atoms with Crippen LogP contribution in [0.4, 0.5) is 0 Å². The molecule has 5 nitrogen and oxygen atoms in total. The Bertz CT molecular complexity index is 888. The summed E-state index contributed by atoms with van der Waals surface area (Å²) in [6, 6.07) is 11.1. The van der Waals surface area contributed by atoms with Crippen molar-refractivity contribution >= 4 is 43.9 Å². The number of carbonyl (C=O) groups excluding carboxylic acids is 1. The normalized spacial score (nSPS) is 10.8. The van der Waals surface area contributed by atoms with E-state index in [9.17, 15) is 9.59 Å². The summed E-state index contributed by atoms with van der Waals surface area (Å²) in [7, 11) is 0. The minimum Gasteiger partial charge on any atom is -0.350 e. The van der Waals surface area contributed by atoms with Crippen molar-refractivity contribution < 1.29 is 4.79 Å². The van der Waals surface area contributed by atoms with Gasteiger partial charge in [-0.1, -0.05) is 18.2 Å². The summed E-state index contributed by atoms with van der Waals surface area (Å²) in [6.07, 6.45) is 1.60. The van der Waals surface area contributed by atoms with Crippen LogP contribution in [-0.2, 0) is 17.9 Å². The number of halogens is 1. The lowest BCUT2D eigenvalue weighted by Gasteiger charge is -2.06. The van der Waals surface area contributed by atoms with Gasteiger partial charge in [0.25, 0.3) is 5.56 Å². The van der Waals surface area contributed by atoms with Crippen LogP contribution in [0.3, 0.4) is 0 Å². The van der Waals surface area contributed by atoms with Gasteiger partial charge >= 0.3 is 0 Å². The molecule has 0 aliphatic carbocycles. The number of amides is 1. The monoisotopic (exact) mass is 377 g/mol. The Morgan fingerprint density at radius 2 is 2.09 bits per heavy atom. The molecule has 0 bridgehead atoms. The number of hydrogen-bond acceptors (Lipinski definition) is 4. The van der Waals surface area contributed by atoms with Crippen molar-refractivity contribution in [2.45, 2.75) is 13.1 Å². The number of hydrogen-bond donors (Lipinski definition) is 1.